The molecule has 1 amide bonds. The van der Waals surface area contributed by atoms with Crippen LogP contribution >= 0.6 is 0 Å². The van der Waals surface area contributed by atoms with Crippen molar-refractivity contribution in [2.45, 2.75) is 45.8 Å². The number of carbonyl (C=O) groups is 1. The maximum atomic E-state index is 12.8. The Morgan fingerprint density at radius 3 is 2.09 bits per heavy atom. The maximum absolute atomic E-state index is 12.8. The number of aromatic nitrogens is 3. The third kappa shape index (κ3) is 3.42. The van der Waals surface area contributed by atoms with Crippen molar-refractivity contribution in [3.05, 3.63) is 16.3 Å². The molecule has 2 rings (SSSR count). The quantitative estimate of drug-likeness (QED) is 0.787. The van der Waals surface area contributed by atoms with E-state index in [0.717, 1.165) is 11.7 Å². The molecule has 0 aromatic carbocycles. The fourth-order valence-electron chi connectivity index (χ4n) is 2.73. The minimum Gasteiger partial charge on any atom is -0.342 e. The molecule has 130 valence electrons. The summed E-state index contributed by atoms with van der Waals surface area (Å²) in [4.78, 5) is 25.9. The van der Waals surface area contributed by atoms with Gasteiger partial charge >= 0.3 is 11.9 Å². The van der Waals surface area contributed by atoms with Gasteiger partial charge in [-0.05, 0) is 12.8 Å². The van der Waals surface area contributed by atoms with E-state index < -0.39 is 29.1 Å². The summed E-state index contributed by atoms with van der Waals surface area (Å²) in [6, 6.07) is -0.422. The van der Waals surface area contributed by atoms with Crippen LogP contribution in [0.5, 0.6) is 0 Å². The minimum atomic E-state index is -4.66. The van der Waals surface area contributed by atoms with Gasteiger partial charge in [-0.25, -0.2) is 9.48 Å². The van der Waals surface area contributed by atoms with Crippen LogP contribution < -0.4 is 5.69 Å². The second kappa shape index (κ2) is 5.68. The normalized spacial score (nSPS) is 17.6. The SMILES string of the molecule is Cn1c(C(F)(F)F)nn(C2CCN(C(=O)C(C)(C)C)CC2)c1=O. The standard InChI is InChI=1S/C14H21F3N4O2/c1-13(2,3)11(22)20-7-5-9(6-8-20)21-12(23)19(4)10(18-21)14(15,16)17/h9H,5-8H2,1-4H3. The molecule has 0 radical (unpaired) electrons. The molecule has 1 aliphatic heterocycles. The van der Waals surface area contributed by atoms with Gasteiger partial charge < -0.3 is 4.90 Å². The summed E-state index contributed by atoms with van der Waals surface area (Å²) in [6.07, 6.45) is -3.84. The number of piperidine rings is 1. The Kier molecular flexibility index (Phi) is 4.34. The van der Waals surface area contributed by atoms with Gasteiger partial charge in [-0.15, -0.1) is 5.10 Å². The van der Waals surface area contributed by atoms with E-state index in [1.54, 1.807) is 4.90 Å². The molecule has 1 aromatic heterocycles. The molecule has 0 bridgehead atoms. The first-order valence-electron chi connectivity index (χ1n) is 7.45. The summed E-state index contributed by atoms with van der Waals surface area (Å²) in [5, 5.41) is 3.46. The summed E-state index contributed by atoms with van der Waals surface area (Å²) < 4.78 is 39.9. The number of halogens is 3. The van der Waals surface area contributed by atoms with E-state index in [1.807, 2.05) is 20.8 Å². The van der Waals surface area contributed by atoms with Crippen molar-refractivity contribution in [2.75, 3.05) is 13.1 Å². The molecule has 23 heavy (non-hydrogen) atoms. The highest BCUT2D eigenvalue weighted by Gasteiger charge is 2.39. The zero-order valence-electron chi connectivity index (χ0n) is 13.6. The molecule has 1 aliphatic rings. The van der Waals surface area contributed by atoms with Crippen molar-refractivity contribution in [1.82, 2.24) is 19.2 Å². The van der Waals surface area contributed by atoms with Gasteiger partial charge in [-0.2, -0.15) is 13.2 Å². The van der Waals surface area contributed by atoms with Gasteiger partial charge in [0.25, 0.3) is 0 Å². The Morgan fingerprint density at radius 2 is 1.70 bits per heavy atom. The molecular formula is C14H21F3N4O2. The van der Waals surface area contributed by atoms with Gasteiger partial charge in [-0.1, -0.05) is 20.8 Å². The van der Waals surface area contributed by atoms with Crippen LogP contribution in [-0.2, 0) is 18.0 Å². The Labute approximate surface area is 131 Å². The second-order valence-electron chi connectivity index (χ2n) is 6.88. The number of hydrogen-bond acceptors (Lipinski definition) is 3. The van der Waals surface area contributed by atoms with E-state index in [2.05, 4.69) is 5.10 Å². The molecule has 1 aromatic rings. The predicted molar refractivity (Wildman–Crippen MR) is 76.8 cm³/mol. The number of likely N-dealkylation sites (tertiary alicyclic amines) is 1. The lowest BCUT2D eigenvalue weighted by atomic mass is 9.93. The number of rotatable bonds is 1. The summed E-state index contributed by atoms with van der Waals surface area (Å²) in [5.41, 5.74) is -1.28. The molecule has 1 saturated heterocycles. The van der Waals surface area contributed by atoms with Gasteiger partial charge in [0.1, 0.15) is 0 Å². The molecule has 0 N–H and O–H groups in total. The lowest BCUT2D eigenvalue weighted by molar-refractivity contribution is -0.147. The predicted octanol–water partition coefficient (Wildman–Crippen LogP) is 1.81. The third-order valence-corrected chi connectivity index (χ3v) is 4.00. The molecule has 0 atom stereocenters. The van der Waals surface area contributed by atoms with Crippen LogP contribution in [0.3, 0.4) is 0 Å². The Bertz CT molecular complexity index is 646. The number of carbonyl (C=O) groups excluding carboxylic acids is 1. The lowest BCUT2D eigenvalue weighted by Crippen LogP contribution is -2.45. The first-order valence-corrected chi connectivity index (χ1v) is 7.45. The van der Waals surface area contributed by atoms with Gasteiger partial charge in [0.15, 0.2) is 0 Å². The average Bonchev–Trinajstić information content (AvgIpc) is 2.74. The van der Waals surface area contributed by atoms with Crippen molar-refractivity contribution in [3.63, 3.8) is 0 Å². The van der Waals surface area contributed by atoms with E-state index in [4.69, 9.17) is 0 Å². The highest BCUT2D eigenvalue weighted by molar-refractivity contribution is 5.81. The van der Waals surface area contributed by atoms with E-state index >= 15 is 0 Å². The summed E-state index contributed by atoms with van der Waals surface area (Å²) in [5.74, 6) is -1.20. The Balaban J connectivity index is 2.16. The number of hydrogen-bond donors (Lipinski definition) is 0. The minimum absolute atomic E-state index is 0.000276. The average molecular weight is 334 g/mol. The first kappa shape index (κ1) is 17.6. The van der Waals surface area contributed by atoms with Crippen molar-refractivity contribution >= 4 is 5.91 Å². The van der Waals surface area contributed by atoms with Crippen LogP contribution in [-0.4, -0.2) is 38.2 Å². The highest BCUT2D eigenvalue weighted by atomic mass is 19.4. The van der Waals surface area contributed by atoms with E-state index in [1.165, 1.54) is 0 Å². The van der Waals surface area contributed by atoms with Crippen LogP contribution in [0.1, 0.15) is 45.5 Å². The van der Waals surface area contributed by atoms with Crippen molar-refractivity contribution < 1.29 is 18.0 Å². The fraction of sp³-hybridized carbons (Fsp3) is 0.786. The second-order valence-corrected chi connectivity index (χ2v) is 6.88. The third-order valence-electron chi connectivity index (χ3n) is 4.00. The molecule has 6 nitrogen and oxygen atoms in total. The van der Waals surface area contributed by atoms with Crippen molar-refractivity contribution in [1.29, 1.82) is 0 Å². The molecule has 0 unspecified atom stereocenters. The van der Waals surface area contributed by atoms with Crippen LogP contribution in [0.15, 0.2) is 4.79 Å². The van der Waals surface area contributed by atoms with Crippen LogP contribution in [0.2, 0.25) is 0 Å². The monoisotopic (exact) mass is 334 g/mol. The van der Waals surface area contributed by atoms with Gasteiger partial charge in [0.2, 0.25) is 11.7 Å². The molecule has 9 heteroatoms. The smallest absolute Gasteiger partial charge is 0.342 e. The van der Waals surface area contributed by atoms with E-state index in [-0.39, 0.29) is 5.91 Å². The van der Waals surface area contributed by atoms with E-state index in [9.17, 15) is 22.8 Å². The topological polar surface area (TPSA) is 60.1 Å². The van der Waals surface area contributed by atoms with Gasteiger partial charge in [-0.3, -0.25) is 9.36 Å². The Morgan fingerprint density at radius 1 is 1.17 bits per heavy atom. The fourth-order valence-corrected chi connectivity index (χ4v) is 2.73. The summed E-state index contributed by atoms with van der Waals surface area (Å²) in [6.45, 7) is 6.27. The Hall–Kier alpha value is -1.80. The van der Waals surface area contributed by atoms with E-state index in [0.29, 0.717) is 30.5 Å². The highest BCUT2D eigenvalue weighted by Crippen LogP contribution is 2.29. The summed E-state index contributed by atoms with van der Waals surface area (Å²) >= 11 is 0. The zero-order chi connectivity index (χ0) is 17.6. The van der Waals surface area contributed by atoms with Crippen LogP contribution in [0, 0.1) is 5.41 Å². The maximum Gasteiger partial charge on any atom is 0.451 e. The van der Waals surface area contributed by atoms with Crippen molar-refractivity contribution in [2.24, 2.45) is 12.5 Å². The molecule has 0 spiro atoms. The number of nitrogens with zero attached hydrogens (tertiary/aromatic N) is 4. The first-order chi connectivity index (χ1) is 10.4. The van der Waals surface area contributed by atoms with Gasteiger partial charge in [0, 0.05) is 25.6 Å². The largest absolute Gasteiger partial charge is 0.451 e. The zero-order valence-corrected chi connectivity index (χ0v) is 13.6. The number of amides is 1. The summed E-state index contributed by atoms with van der Waals surface area (Å²) in [7, 11) is 1.06. The van der Waals surface area contributed by atoms with Crippen LogP contribution in [0.25, 0.3) is 0 Å². The molecular weight excluding hydrogens is 313 g/mol. The molecule has 0 aliphatic carbocycles. The van der Waals surface area contributed by atoms with Crippen LogP contribution in [0.4, 0.5) is 13.2 Å². The van der Waals surface area contributed by atoms with Gasteiger partial charge in [0.05, 0.1) is 6.04 Å². The number of alkyl halides is 3. The molecule has 2 heterocycles. The van der Waals surface area contributed by atoms with Crippen molar-refractivity contribution in [3.8, 4) is 0 Å². The molecule has 1 fully saturated rings. The molecule has 0 saturated carbocycles. The lowest BCUT2D eigenvalue weighted by Gasteiger charge is -2.35.